The van der Waals surface area contributed by atoms with Gasteiger partial charge in [-0.3, -0.25) is 0 Å². The number of aromatic nitrogens is 1. The van der Waals surface area contributed by atoms with Gasteiger partial charge in [0.15, 0.2) is 0 Å². The molecule has 0 saturated carbocycles. The minimum absolute atomic E-state index is 0.354. The first-order valence-electron chi connectivity index (χ1n) is 6.47. The van der Waals surface area contributed by atoms with Crippen molar-refractivity contribution in [1.82, 2.24) is 4.98 Å². The van der Waals surface area contributed by atoms with E-state index in [2.05, 4.69) is 30.7 Å². The van der Waals surface area contributed by atoms with Crippen molar-refractivity contribution in [3.8, 4) is 5.88 Å². The van der Waals surface area contributed by atoms with Crippen LogP contribution in [0.1, 0.15) is 27.2 Å². The quantitative estimate of drug-likeness (QED) is 0.875. The van der Waals surface area contributed by atoms with E-state index in [-0.39, 0.29) is 0 Å². The number of hydrogen-bond acceptors (Lipinski definition) is 4. The smallest absolute Gasteiger partial charge is 0.238 e. The zero-order valence-corrected chi connectivity index (χ0v) is 11.7. The van der Waals surface area contributed by atoms with Gasteiger partial charge in [0.1, 0.15) is 5.82 Å². The Bertz CT molecular complexity index is 426. The maximum absolute atomic E-state index is 5.79. The Kier molecular flexibility index (Phi) is 3.37. The van der Waals surface area contributed by atoms with E-state index in [1.807, 2.05) is 12.1 Å². The first kappa shape index (κ1) is 13.0. The number of rotatable bonds is 2. The van der Waals surface area contributed by atoms with Gasteiger partial charge >= 0.3 is 0 Å². The normalized spacial score (nSPS) is 20.2. The standard InChI is InChI=1S/C14H23N3O/c1-14(2,3)10-7-8-17(9-10)12-6-5-11(15)13(16-12)18-4/h5-6,10H,7-9,15H2,1-4H3. The second kappa shape index (κ2) is 4.67. The molecule has 4 heteroatoms. The van der Waals surface area contributed by atoms with Crippen LogP contribution in [0.3, 0.4) is 0 Å². The minimum Gasteiger partial charge on any atom is -0.479 e. The lowest BCUT2D eigenvalue weighted by Crippen LogP contribution is -2.26. The molecular formula is C14H23N3O. The van der Waals surface area contributed by atoms with Gasteiger partial charge in [-0.15, -0.1) is 0 Å². The van der Waals surface area contributed by atoms with Crippen molar-refractivity contribution in [3.63, 3.8) is 0 Å². The summed E-state index contributed by atoms with van der Waals surface area (Å²) in [5.41, 5.74) is 6.73. The van der Waals surface area contributed by atoms with Crippen LogP contribution in [0.25, 0.3) is 0 Å². The Labute approximate surface area is 109 Å². The highest BCUT2D eigenvalue weighted by Gasteiger charge is 2.32. The summed E-state index contributed by atoms with van der Waals surface area (Å²) in [4.78, 5) is 6.79. The SMILES string of the molecule is COc1nc(N2CCC(C(C)(C)C)C2)ccc1N. The molecule has 1 atom stereocenters. The van der Waals surface area contributed by atoms with Gasteiger partial charge < -0.3 is 15.4 Å². The van der Waals surface area contributed by atoms with Crippen molar-refractivity contribution < 1.29 is 4.74 Å². The van der Waals surface area contributed by atoms with E-state index in [1.54, 1.807) is 7.11 Å². The fourth-order valence-corrected chi connectivity index (χ4v) is 2.46. The van der Waals surface area contributed by atoms with E-state index in [1.165, 1.54) is 6.42 Å². The first-order chi connectivity index (χ1) is 8.41. The second-order valence-corrected chi connectivity index (χ2v) is 6.07. The lowest BCUT2D eigenvalue weighted by molar-refractivity contribution is 0.263. The number of ether oxygens (including phenoxy) is 1. The molecule has 1 unspecified atom stereocenters. The number of nitrogens with two attached hydrogens (primary N) is 1. The summed E-state index contributed by atoms with van der Waals surface area (Å²) in [6.07, 6.45) is 1.22. The van der Waals surface area contributed by atoms with Gasteiger partial charge in [0.05, 0.1) is 12.8 Å². The van der Waals surface area contributed by atoms with Gasteiger partial charge in [-0.1, -0.05) is 20.8 Å². The summed E-state index contributed by atoms with van der Waals surface area (Å²) in [7, 11) is 1.60. The average molecular weight is 249 g/mol. The zero-order valence-electron chi connectivity index (χ0n) is 11.7. The van der Waals surface area contributed by atoms with E-state index in [4.69, 9.17) is 10.5 Å². The van der Waals surface area contributed by atoms with Crippen molar-refractivity contribution in [2.45, 2.75) is 27.2 Å². The summed E-state index contributed by atoms with van der Waals surface area (Å²) in [5.74, 6) is 2.20. The van der Waals surface area contributed by atoms with Crippen molar-refractivity contribution in [3.05, 3.63) is 12.1 Å². The number of methoxy groups -OCH3 is 1. The summed E-state index contributed by atoms with van der Waals surface area (Å²) in [6.45, 7) is 9.03. The van der Waals surface area contributed by atoms with Crippen molar-refractivity contribution in [1.29, 1.82) is 0 Å². The molecule has 2 rings (SSSR count). The van der Waals surface area contributed by atoms with E-state index in [0.29, 0.717) is 22.9 Å². The summed E-state index contributed by atoms with van der Waals surface area (Å²) in [6, 6.07) is 3.84. The van der Waals surface area contributed by atoms with Gasteiger partial charge in [0.2, 0.25) is 5.88 Å². The van der Waals surface area contributed by atoms with Crippen LogP contribution in [-0.2, 0) is 0 Å². The highest BCUT2D eigenvalue weighted by molar-refractivity contribution is 5.54. The van der Waals surface area contributed by atoms with Crippen LogP contribution in [0.4, 0.5) is 11.5 Å². The molecule has 0 amide bonds. The maximum atomic E-state index is 5.79. The molecule has 100 valence electrons. The number of nitrogens with zero attached hydrogens (tertiary/aromatic N) is 2. The molecule has 0 bridgehead atoms. The van der Waals surface area contributed by atoms with Crippen LogP contribution in [0.2, 0.25) is 0 Å². The molecule has 1 aromatic heterocycles. The Hall–Kier alpha value is -1.45. The van der Waals surface area contributed by atoms with E-state index < -0.39 is 0 Å². The lowest BCUT2D eigenvalue weighted by Gasteiger charge is -2.27. The fourth-order valence-electron chi connectivity index (χ4n) is 2.46. The van der Waals surface area contributed by atoms with E-state index in [9.17, 15) is 0 Å². The molecule has 1 aromatic rings. The molecule has 2 heterocycles. The molecule has 1 saturated heterocycles. The fraction of sp³-hybridized carbons (Fsp3) is 0.643. The molecule has 4 nitrogen and oxygen atoms in total. The van der Waals surface area contributed by atoms with Gasteiger partial charge in [0, 0.05) is 13.1 Å². The molecule has 0 spiro atoms. The van der Waals surface area contributed by atoms with Crippen molar-refractivity contribution in [2.75, 3.05) is 30.8 Å². The highest BCUT2D eigenvalue weighted by atomic mass is 16.5. The van der Waals surface area contributed by atoms with Gasteiger partial charge in [-0.25, -0.2) is 0 Å². The third-order valence-electron chi connectivity index (χ3n) is 3.81. The summed E-state index contributed by atoms with van der Waals surface area (Å²) < 4.78 is 5.18. The molecule has 18 heavy (non-hydrogen) atoms. The first-order valence-corrected chi connectivity index (χ1v) is 6.47. The topological polar surface area (TPSA) is 51.4 Å². The molecule has 1 aliphatic rings. The third-order valence-corrected chi connectivity index (χ3v) is 3.81. The molecule has 0 aromatic carbocycles. The van der Waals surface area contributed by atoms with Crippen molar-refractivity contribution >= 4 is 11.5 Å². The Morgan fingerprint density at radius 3 is 2.67 bits per heavy atom. The van der Waals surface area contributed by atoms with E-state index >= 15 is 0 Å². The summed E-state index contributed by atoms with van der Waals surface area (Å²) in [5, 5.41) is 0. The highest BCUT2D eigenvalue weighted by Crippen LogP contribution is 2.35. The molecule has 0 aliphatic carbocycles. The molecule has 1 aliphatic heterocycles. The largest absolute Gasteiger partial charge is 0.479 e. The maximum Gasteiger partial charge on any atom is 0.238 e. The monoisotopic (exact) mass is 249 g/mol. The number of nitrogen functional groups attached to an aromatic ring is 1. The van der Waals surface area contributed by atoms with Crippen molar-refractivity contribution in [2.24, 2.45) is 11.3 Å². The Balaban J connectivity index is 2.14. The zero-order chi connectivity index (χ0) is 13.3. The number of pyridine rings is 1. The minimum atomic E-state index is 0.354. The lowest BCUT2D eigenvalue weighted by atomic mass is 9.80. The molecular weight excluding hydrogens is 226 g/mol. The molecule has 2 N–H and O–H groups in total. The van der Waals surface area contributed by atoms with Crippen LogP contribution < -0.4 is 15.4 Å². The Morgan fingerprint density at radius 1 is 1.39 bits per heavy atom. The molecule has 1 fully saturated rings. The Morgan fingerprint density at radius 2 is 2.11 bits per heavy atom. The van der Waals surface area contributed by atoms with Gasteiger partial charge in [-0.2, -0.15) is 4.98 Å². The predicted octanol–water partition coefficient (Wildman–Crippen LogP) is 2.54. The average Bonchev–Trinajstić information content (AvgIpc) is 2.78. The second-order valence-electron chi connectivity index (χ2n) is 6.07. The van der Waals surface area contributed by atoms with Crippen LogP contribution in [-0.4, -0.2) is 25.2 Å². The van der Waals surface area contributed by atoms with E-state index in [0.717, 1.165) is 18.9 Å². The molecule has 0 radical (unpaired) electrons. The van der Waals surface area contributed by atoms with Crippen LogP contribution in [0.5, 0.6) is 5.88 Å². The van der Waals surface area contributed by atoms with Gasteiger partial charge in [-0.05, 0) is 29.9 Å². The summed E-state index contributed by atoms with van der Waals surface area (Å²) >= 11 is 0. The van der Waals surface area contributed by atoms with Crippen LogP contribution in [0.15, 0.2) is 12.1 Å². The van der Waals surface area contributed by atoms with Crippen LogP contribution >= 0.6 is 0 Å². The predicted molar refractivity (Wildman–Crippen MR) is 75.0 cm³/mol. The third kappa shape index (κ3) is 2.52. The van der Waals surface area contributed by atoms with Crippen LogP contribution in [0, 0.1) is 11.3 Å². The number of hydrogen-bond donors (Lipinski definition) is 1. The number of anilines is 2. The van der Waals surface area contributed by atoms with Gasteiger partial charge in [0.25, 0.3) is 0 Å².